The molecule has 1 aromatic carbocycles. The maximum absolute atomic E-state index is 3.77. The molecule has 1 N–H and O–H groups in total. The van der Waals surface area contributed by atoms with E-state index in [0.717, 1.165) is 19.0 Å². The molecule has 0 amide bonds. The van der Waals surface area contributed by atoms with Crippen molar-refractivity contribution >= 4 is 5.69 Å². The van der Waals surface area contributed by atoms with Crippen LogP contribution in [0.5, 0.6) is 0 Å². The van der Waals surface area contributed by atoms with Crippen LogP contribution in [0, 0.1) is 5.92 Å². The Morgan fingerprint density at radius 3 is 2.50 bits per heavy atom. The second-order valence-corrected chi connectivity index (χ2v) is 6.03. The Morgan fingerprint density at radius 1 is 1.15 bits per heavy atom. The Morgan fingerprint density at radius 2 is 1.90 bits per heavy atom. The van der Waals surface area contributed by atoms with Gasteiger partial charge in [0.25, 0.3) is 0 Å². The van der Waals surface area contributed by atoms with Crippen molar-refractivity contribution in [2.75, 3.05) is 24.5 Å². The van der Waals surface area contributed by atoms with Gasteiger partial charge in [-0.1, -0.05) is 38.5 Å². The lowest BCUT2D eigenvalue weighted by molar-refractivity contribution is 0.454. The van der Waals surface area contributed by atoms with Crippen molar-refractivity contribution in [3.63, 3.8) is 0 Å². The van der Waals surface area contributed by atoms with Crippen LogP contribution >= 0.6 is 0 Å². The number of anilines is 1. The normalized spacial score (nSPS) is 16.1. The van der Waals surface area contributed by atoms with Crippen LogP contribution in [-0.4, -0.2) is 25.7 Å². The molecule has 1 unspecified atom stereocenters. The third kappa shape index (κ3) is 4.82. The lowest BCUT2D eigenvalue weighted by Gasteiger charge is -2.30. The summed E-state index contributed by atoms with van der Waals surface area (Å²) in [5, 5.41) is 3.77. The van der Waals surface area contributed by atoms with Gasteiger partial charge in [0.1, 0.15) is 0 Å². The Labute approximate surface area is 124 Å². The molecule has 20 heavy (non-hydrogen) atoms. The minimum atomic E-state index is 0.673. The molecule has 1 aliphatic rings. The van der Waals surface area contributed by atoms with Crippen LogP contribution in [0.3, 0.4) is 0 Å². The van der Waals surface area contributed by atoms with Crippen LogP contribution in [0.1, 0.15) is 46.0 Å². The molecular weight excluding hydrogens is 244 g/mol. The van der Waals surface area contributed by atoms with Gasteiger partial charge >= 0.3 is 0 Å². The molecule has 1 fully saturated rings. The summed E-state index contributed by atoms with van der Waals surface area (Å²) in [4.78, 5) is 2.58. The van der Waals surface area contributed by atoms with Gasteiger partial charge in [-0.15, -0.1) is 0 Å². The first kappa shape index (κ1) is 15.4. The van der Waals surface area contributed by atoms with Crippen molar-refractivity contribution in [2.24, 2.45) is 5.92 Å². The maximum Gasteiger partial charge on any atom is 0.0366 e. The minimum absolute atomic E-state index is 0.673. The van der Waals surface area contributed by atoms with Gasteiger partial charge in [-0.25, -0.2) is 0 Å². The maximum atomic E-state index is 3.77. The number of para-hydroxylation sites is 1. The highest BCUT2D eigenvalue weighted by atomic mass is 15.2. The number of rotatable bonds is 10. The molecule has 0 radical (unpaired) electrons. The van der Waals surface area contributed by atoms with Gasteiger partial charge in [-0.2, -0.15) is 0 Å². The molecule has 0 heterocycles. The second kappa shape index (κ2) is 8.31. The monoisotopic (exact) mass is 274 g/mol. The summed E-state index contributed by atoms with van der Waals surface area (Å²) in [5.74, 6) is 0.911. The second-order valence-electron chi connectivity index (χ2n) is 6.03. The summed E-state index contributed by atoms with van der Waals surface area (Å²) in [6.45, 7) is 8.02. The van der Waals surface area contributed by atoms with Crippen molar-refractivity contribution < 1.29 is 0 Å². The van der Waals surface area contributed by atoms with Crippen molar-refractivity contribution in [3.8, 4) is 0 Å². The SMILES string of the molecule is CCCCN(CC(NCCC)C1CC1)c1ccccc1. The summed E-state index contributed by atoms with van der Waals surface area (Å²) < 4.78 is 0. The van der Waals surface area contributed by atoms with Gasteiger partial charge in [0.2, 0.25) is 0 Å². The van der Waals surface area contributed by atoms with E-state index in [1.807, 2.05) is 0 Å². The molecule has 2 heteroatoms. The Hall–Kier alpha value is -1.02. The third-order valence-electron chi connectivity index (χ3n) is 4.17. The topological polar surface area (TPSA) is 15.3 Å². The highest BCUT2D eigenvalue weighted by Gasteiger charge is 2.31. The fourth-order valence-electron chi connectivity index (χ4n) is 2.76. The predicted molar refractivity (Wildman–Crippen MR) is 88.4 cm³/mol. The molecule has 0 aliphatic heterocycles. The van der Waals surface area contributed by atoms with Crippen molar-refractivity contribution in [1.29, 1.82) is 0 Å². The number of nitrogens with one attached hydrogen (secondary N) is 1. The molecule has 1 aliphatic carbocycles. The Kier molecular flexibility index (Phi) is 6.38. The number of nitrogens with zero attached hydrogens (tertiary/aromatic N) is 1. The van der Waals surface area contributed by atoms with Crippen molar-refractivity contribution in [1.82, 2.24) is 5.32 Å². The van der Waals surface area contributed by atoms with Gasteiger partial charge in [0.15, 0.2) is 0 Å². The van der Waals surface area contributed by atoms with Gasteiger partial charge in [0, 0.05) is 24.8 Å². The molecule has 112 valence electrons. The summed E-state index contributed by atoms with van der Waals surface area (Å²) in [7, 11) is 0. The van der Waals surface area contributed by atoms with Gasteiger partial charge < -0.3 is 10.2 Å². The standard InChI is InChI=1S/C18H30N2/c1-3-5-14-20(17-9-7-6-8-10-17)15-18(16-11-12-16)19-13-4-2/h6-10,16,18-19H,3-5,11-15H2,1-2H3. The first-order valence-corrected chi connectivity index (χ1v) is 8.38. The predicted octanol–water partition coefficient (Wildman–Crippen LogP) is 4.07. The zero-order valence-electron chi connectivity index (χ0n) is 13.1. The summed E-state index contributed by atoms with van der Waals surface area (Å²) in [6, 6.07) is 11.6. The van der Waals surface area contributed by atoms with Gasteiger partial charge in [-0.3, -0.25) is 0 Å². The summed E-state index contributed by atoms with van der Waals surface area (Å²) >= 11 is 0. The average molecular weight is 274 g/mol. The van der Waals surface area contributed by atoms with Crippen LogP contribution in [0.25, 0.3) is 0 Å². The largest absolute Gasteiger partial charge is 0.370 e. The molecular formula is C18H30N2. The Balaban J connectivity index is 1.97. The average Bonchev–Trinajstić information content (AvgIpc) is 3.32. The molecule has 1 saturated carbocycles. The molecule has 0 spiro atoms. The molecule has 1 atom stereocenters. The molecule has 0 aromatic heterocycles. The Bertz CT molecular complexity index is 359. The van der Waals surface area contributed by atoms with E-state index in [4.69, 9.17) is 0 Å². The number of benzene rings is 1. The van der Waals surface area contributed by atoms with Crippen LogP contribution in [0.2, 0.25) is 0 Å². The van der Waals surface area contributed by atoms with E-state index in [-0.39, 0.29) is 0 Å². The highest BCUT2D eigenvalue weighted by Crippen LogP contribution is 2.33. The molecule has 2 nitrogen and oxygen atoms in total. The fourth-order valence-corrected chi connectivity index (χ4v) is 2.76. The molecule has 2 rings (SSSR count). The molecule has 0 saturated heterocycles. The quantitative estimate of drug-likeness (QED) is 0.692. The lowest BCUT2D eigenvalue weighted by Crippen LogP contribution is -2.43. The third-order valence-corrected chi connectivity index (χ3v) is 4.17. The summed E-state index contributed by atoms with van der Waals surface area (Å²) in [6.07, 6.45) is 6.60. The van der Waals surface area contributed by atoms with E-state index < -0.39 is 0 Å². The first-order chi connectivity index (χ1) is 9.85. The van der Waals surface area contributed by atoms with E-state index in [9.17, 15) is 0 Å². The van der Waals surface area contributed by atoms with E-state index in [2.05, 4.69) is 54.4 Å². The smallest absolute Gasteiger partial charge is 0.0366 e. The molecule has 0 bridgehead atoms. The first-order valence-electron chi connectivity index (χ1n) is 8.38. The van der Waals surface area contributed by atoms with E-state index in [1.165, 1.54) is 44.3 Å². The van der Waals surface area contributed by atoms with E-state index in [0.29, 0.717) is 6.04 Å². The summed E-state index contributed by atoms with van der Waals surface area (Å²) in [5.41, 5.74) is 1.38. The van der Waals surface area contributed by atoms with Crippen molar-refractivity contribution in [3.05, 3.63) is 30.3 Å². The van der Waals surface area contributed by atoms with Gasteiger partial charge in [-0.05, 0) is 50.3 Å². The number of unbranched alkanes of at least 4 members (excludes halogenated alkanes) is 1. The number of hydrogen-bond acceptors (Lipinski definition) is 2. The fraction of sp³-hybridized carbons (Fsp3) is 0.667. The van der Waals surface area contributed by atoms with Crippen LogP contribution in [0.15, 0.2) is 30.3 Å². The minimum Gasteiger partial charge on any atom is -0.370 e. The van der Waals surface area contributed by atoms with Crippen LogP contribution in [0.4, 0.5) is 5.69 Å². The zero-order chi connectivity index (χ0) is 14.2. The number of hydrogen-bond donors (Lipinski definition) is 1. The zero-order valence-corrected chi connectivity index (χ0v) is 13.1. The molecule has 1 aromatic rings. The van der Waals surface area contributed by atoms with Crippen molar-refractivity contribution in [2.45, 2.75) is 52.0 Å². The highest BCUT2D eigenvalue weighted by molar-refractivity contribution is 5.46. The van der Waals surface area contributed by atoms with E-state index in [1.54, 1.807) is 0 Å². The van der Waals surface area contributed by atoms with Crippen LogP contribution < -0.4 is 10.2 Å². The van der Waals surface area contributed by atoms with E-state index >= 15 is 0 Å². The lowest BCUT2D eigenvalue weighted by atomic mass is 10.1. The van der Waals surface area contributed by atoms with Crippen LogP contribution in [-0.2, 0) is 0 Å². The van der Waals surface area contributed by atoms with Gasteiger partial charge in [0.05, 0.1) is 0 Å².